The van der Waals surface area contributed by atoms with Gasteiger partial charge in [-0.1, -0.05) is 23.2 Å². The summed E-state index contributed by atoms with van der Waals surface area (Å²) in [7, 11) is 0. The molecule has 2 aromatic rings. The number of rotatable bonds is 4. The van der Waals surface area contributed by atoms with E-state index in [1.165, 1.54) is 23.5 Å². The van der Waals surface area contributed by atoms with Crippen LogP contribution in [-0.4, -0.2) is 17.6 Å². The number of thiophene rings is 1. The van der Waals surface area contributed by atoms with Crippen molar-refractivity contribution in [1.29, 1.82) is 0 Å². The SMILES string of the molecule is Nc1cc(Cl)c(Cl)c(C(=O)NCC(O)c2ccsc2)c1. The second-order valence-electron chi connectivity index (χ2n) is 4.15. The lowest BCUT2D eigenvalue weighted by Gasteiger charge is -2.12. The first-order valence-corrected chi connectivity index (χ1v) is 7.41. The number of aliphatic hydroxyl groups is 1. The Hall–Kier alpha value is -1.27. The number of aliphatic hydroxyl groups excluding tert-OH is 1. The Morgan fingerprint density at radius 2 is 2.20 bits per heavy atom. The molecule has 0 saturated heterocycles. The molecule has 0 spiro atoms. The maximum absolute atomic E-state index is 12.0. The zero-order chi connectivity index (χ0) is 14.7. The van der Waals surface area contributed by atoms with Gasteiger partial charge in [-0.25, -0.2) is 0 Å². The first-order chi connectivity index (χ1) is 9.49. The summed E-state index contributed by atoms with van der Waals surface area (Å²) in [5.41, 5.74) is 6.92. The van der Waals surface area contributed by atoms with Gasteiger partial charge in [-0.05, 0) is 34.5 Å². The third-order valence-corrected chi connectivity index (χ3v) is 4.18. The van der Waals surface area contributed by atoms with Gasteiger partial charge in [-0.3, -0.25) is 4.79 Å². The molecule has 0 aliphatic carbocycles. The molecular weight excluding hydrogens is 319 g/mol. The molecule has 20 heavy (non-hydrogen) atoms. The molecule has 4 N–H and O–H groups in total. The molecule has 1 amide bonds. The highest BCUT2D eigenvalue weighted by Gasteiger charge is 2.16. The minimum absolute atomic E-state index is 0.0817. The van der Waals surface area contributed by atoms with Gasteiger partial charge in [0.1, 0.15) is 0 Å². The fraction of sp³-hybridized carbons (Fsp3) is 0.154. The summed E-state index contributed by atoms with van der Waals surface area (Å²) in [5.74, 6) is -0.432. The van der Waals surface area contributed by atoms with E-state index < -0.39 is 12.0 Å². The molecule has 7 heteroatoms. The summed E-state index contributed by atoms with van der Waals surface area (Å²) in [4.78, 5) is 12.0. The number of hydrogen-bond donors (Lipinski definition) is 3. The van der Waals surface area contributed by atoms with E-state index in [0.717, 1.165) is 5.56 Å². The number of carbonyl (C=O) groups excluding carboxylic acids is 1. The number of benzene rings is 1. The molecule has 0 radical (unpaired) electrons. The fourth-order valence-corrected chi connectivity index (χ4v) is 2.77. The summed E-state index contributed by atoms with van der Waals surface area (Å²) in [5, 5.41) is 16.5. The Kier molecular flexibility index (Phi) is 4.88. The van der Waals surface area contributed by atoms with Crippen molar-refractivity contribution < 1.29 is 9.90 Å². The second kappa shape index (κ2) is 6.45. The molecule has 1 heterocycles. The van der Waals surface area contributed by atoms with Crippen molar-refractivity contribution in [2.75, 3.05) is 12.3 Å². The number of amides is 1. The van der Waals surface area contributed by atoms with Crippen LogP contribution in [0.5, 0.6) is 0 Å². The molecule has 1 aromatic heterocycles. The molecule has 0 fully saturated rings. The molecule has 2 rings (SSSR count). The van der Waals surface area contributed by atoms with Crippen molar-refractivity contribution in [3.05, 3.63) is 50.1 Å². The van der Waals surface area contributed by atoms with Gasteiger partial charge < -0.3 is 16.2 Å². The Morgan fingerprint density at radius 1 is 1.45 bits per heavy atom. The zero-order valence-corrected chi connectivity index (χ0v) is 12.6. The van der Waals surface area contributed by atoms with Gasteiger partial charge in [0.25, 0.3) is 5.91 Å². The van der Waals surface area contributed by atoms with Crippen molar-refractivity contribution >= 4 is 46.1 Å². The molecule has 0 aliphatic heterocycles. The lowest BCUT2D eigenvalue weighted by molar-refractivity contribution is 0.0916. The van der Waals surface area contributed by atoms with Crippen LogP contribution in [0.1, 0.15) is 22.0 Å². The zero-order valence-electron chi connectivity index (χ0n) is 10.3. The highest BCUT2D eigenvalue weighted by atomic mass is 35.5. The lowest BCUT2D eigenvalue weighted by atomic mass is 10.1. The number of nitrogen functional groups attached to an aromatic ring is 1. The molecule has 0 saturated carbocycles. The van der Waals surface area contributed by atoms with Crippen LogP contribution in [0.3, 0.4) is 0 Å². The van der Waals surface area contributed by atoms with E-state index >= 15 is 0 Å². The molecule has 4 nitrogen and oxygen atoms in total. The number of carbonyl (C=O) groups is 1. The molecular formula is C13H12Cl2N2O2S. The van der Waals surface area contributed by atoms with E-state index in [9.17, 15) is 9.90 Å². The van der Waals surface area contributed by atoms with Crippen LogP contribution >= 0.6 is 34.5 Å². The summed E-state index contributed by atoms with van der Waals surface area (Å²) in [6.45, 7) is 0.0817. The largest absolute Gasteiger partial charge is 0.399 e. The van der Waals surface area contributed by atoms with Crippen molar-refractivity contribution in [1.82, 2.24) is 5.32 Å². The van der Waals surface area contributed by atoms with Crippen LogP contribution in [0.4, 0.5) is 5.69 Å². The number of anilines is 1. The van der Waals surface area contributed by atoms with Crippen molar-refractivity contribution in [3.8, 4) is 0 Å². The molecule has 0 bridgehead atoms. The minimum atomic E-state index is -0.763. The van der Waals surface area contributed by atoms with Gasteiger partial charge in [0.2, 0.25) is 0 Å². The lowest BCUT2D eigenvalue weighted by Crippen LogP contribution is -2.28. The molecule has 106 valence electrons. The van der Waals surface area contributed by atoms with Crippen LogP contribution in [0.25, 0.3) is 0 Å². The summed E-state index contributed by atoms with van der Waals surface area (Å²) in [6, 6.07) is 4.72. The number of hydrogen-bond acceptors (Lipinski definition) is 4. The standard InChI is InChI=1S/C13H12Cl2N2O2S/c14-10-4-8(16)3-9(12(10)15)13(19)17-5-11(18)7-1-2-20-6-7/h1-4,6,11,18H,5,16H2,(H,17,19). The van der Waals surface area contributed by atoms with E-state index in [1.807, 2.05) is 10.8 Å². The molecule has 0 aliphatic rings. The number of nitrogens with two attached hydrogens (primary N) is 1. The second-order valence-corrected chi connectivity index (χ2v) is 5.71. The van der Waals surface area contributed by atoms with Crippen LogP contribution in [0.15, 0.2) is 29.0 Å². The molecule has 1 aromatic carbocycles. The topological polar surface area (TPSA) is 75.4 Å². The molecule has 1 unspecified atom stereocenters. The van der Waals surface area contributed by atoms with E-state index in [1.54, 1.807) is 6.07 Å². The predicted octanol–water partition coefficient (Wildman–Crippen LogP) is 3.10. The van der Waals surface area contributed by atoms with E-state index in [0.29, 0.717) is 5.69 Å². The van der Waals surface area contributed by atoms with Gasteiger partial charge in [0.15, 0.2) is 0 Å². The average Bonchev–Trinajstić information content (AvgIpc) is 2.93. The first-order valence-electron chi connectivity index (χ1n) is 5.72. The third-order valence-electron chi connectivity index (χ3n) is 2.68. The van der Waals surface area contributed by atoms with Gasteiger partial charge in [-0.2, -0.15) is 11.3 Å². The van der Waals surface area contributed by atoms with Crippen molar-refractivity contribution in [2.45, 2.75) is 6.10 Å². The van der Waals surface area contributed by atoms with E-state index in [4.69, 9.17) is 28.9 Å². The number of halogens is 2. The first kappa shape index (κ1) is 15.1. The Bertz CT molecular complexity index is 617. The van der Waals surface area contributed by atoms with Crippen LogP contribution < -0.4 is 11.1 Å². The Morgan fingerprint density at radius 3 is 2.85 bits per heavy atom. The van der Waals surface area contributed by atoms with Crippen LogP contribution in [-0.2, 0) is 0 Å². The van der Waals surface area contributed by atoms with Crippen molar-refractivity contribution in [2.24, 2.45) is 0 Å². The number of nitrogens with one attached hydrogen (secondary N) is 1. The Labute approximate surface area is 130 Å². The highest BCUT2D eigenvalue weighted by Crippen LogP contribution is 2.28. The predicted molar refractivity (Wildman–Crippen MR) is 82.5 cm³/mol. The Balaban J connectivity index is 2.06. The third kappa shape index (κ3) is 3.43. The molecule has 1 atom stereocenters. The highest BCUT2D eigenvalue weighted by molar-refractivity contribution is 7.07. The van der Waals surface area contributed by atoms with Gasteiger partial charge in [-0.15, -0.1) is 0 Å². The maximum atomic E-state index is 12.0. The van der Waals surface area contributed by atoms with E-state index in [2.05, 4.69) is 5.32 Å². The van der Waals surface area contributed by atoms with Gasteiger partial charge in [0, 0.05) is 12.2 Å². The average molecular weight is 331 g/mol. The quantitative estimate of drug-likeness (QED) is 0.754. The van der Waals surface area contributed by atoms with Crippen LogP contribution in [0.2, 0.25) is 10.0 Å². The van der Waals surface area contributed by atoms with E-state index in [-0.39, 0.29) is 22.2 Å². The van der Waals surface area contributed by atoms with Gasteiger partial charge in [0.05, 0.1) is 21.7 Å². The monoisotopic (exact) mass is 330 g/mol. The van der Waals surface area contributed by atoms with Crippen molar-refractivity contribution in [3.63, 3.8) is 0 Å². The maximum Gasteiger partial charge on any atom is 0.253 e. The summed E-state index contributed by atoms with van der Waals surface area (Å²) in [6.07, 6.45) is -0.763. The van der Waals surface area contributed by atoms with Gasteiger partial charge >= 0.3 is 0 Å². The fourth-order valence-electron chi connectivity index (χ4n) is 1.64. The normalized spacial score (nSPS) is 12.2. The summed E-state index contributed by atoms with van der Waals surface area (Å²) < 4.78 is 0. The smallest absolute Gasteiger partial charge is 0.253 e. The summed E-state index contributed by atoms with van der Waals surface area (Å²) >= 11 is 13.3. The van der Waals surface area contributed by atoms with Crippen LogP contribution in [0, 0.1) is 0 Å². The minimum Gasteiger partial charge on any atom is -0.399 e.